The van der Waals surface area contributed by atoms with Gasteiger partial charge in [0.1, 0.15) is 5.56 Å². The number of hydrogen-bond donors (Lipinski definition) is 1. The lowest BCUT2D eigenvalue weighted by atomic mass is 9.87. The quantitative estimate of drug-likeness (QED) is 0.431. The highest BCUT2D eigenvalue weighted by molar-refractivity contribution is 6.28. The maximum Gasteiger partial charge on any atom is 0.230 e. The highest BCUT2D eigenvalue weighted by Crippen LogP contribution is 2.28. The first-order valence-electron chi connectivity index (χ1n) is 9.00. The number of carbonyl (C=O) groups is 2. The van der Waals surface area contributed by atoms with Gasteiger partial charge < -0.3 is 10.5 Å². The van der Waals surface area contributed by atoms with Crippen LogP contribution in [0.3, 0.4) is 0 Å². The van der Waals surface area contributed by atoms with Crippen molar-refractivity contribution in [3.8, 4) is 0 Å². The summed E-state index contributed by atoms with van der Waals surface area (Å²) in [6.45, 7) is 6.19. The van der Waals surface area contributed by atoms with E-state index in [1.807, 2.05) is 30.3 Å². The summed E-state index contributed by atoms with van der Waals surface area (Å²) in [5.74, 6) is -0.586. The molecule has 2 aromatic carbocycles. The van der Waals surface area contributed by atoms with Gasteiger partial charge in [0.2, 0.25) is 17.3 Å². The van der Waals surface area contributed by atoms with Crippen LogP contribution in [0.25, 0.3) is 5.70 Å². The lowest BCUT2D eigenvalue weighted by molar-refractivity contribution is -0.699. The number of carbonyl (C=O) groups excluding carboxylic acids is 2. The van der Waals surface area contributed by atoms with Crippen LogP contribution in [0.2, 0.25) is 0 Å². The predicted molar refractivity (Wildman–Crippen MR) is 105 cm³/mol. The van der Waals surface area contributed by atoms with Crippen LogP contribution in [0.5, 0.6) is 0 Å². The summed E-state index contributed by atoms with van der Waals surface area (Å²) in [5.41, 5.74) is 2.94. The van der Waals surface area contributed by atoms with Crippen LogP contribution in [-0.2, 0) is 6.54 Å². The van der Waals surface area contributed by atoms with Gasteiger partial charge in [-0.15, -0.1) is 4.68 Å². The van der Waals surface area contributed by atoms with E-state index in [-0.39, 0.29) is 35.1 Å². The van der Waals surface area contributed by atoms with Crippen LogP contribution in [0.15, 0.2) is 61.2 Å². The van der Waals surface area contributed by atoms with Crippen molar-refractivity contribution in [2.24, 2.45) is 0 Å². The van der Waals surface area contributed by atoms with Crippen LogP contribution in [0.1, 0.15) is 43.2 Å². The first-order chi connectivity index (χ1) is 13.5. The Hall–Kier alpha value is -3.67. The topological polar surface area (TPSA) is 78.0 Å². The summed E-state index contributed by atoms with van der Waals surface area (Å²) in [5, 5.41) is 15.8. The van der Waals surface area contributed by atoms with Gasteiger partial charge in [0.15, 0.2) is 5.69 Å². The summed E-state index contributed by atoms with van der Waals surface area (Å²) < 4.78 is 1.33. The highest BCUT2D eigenvalue weighted by atomic mass is 16.5. The van der Waals surface area contributed by atoms with Crippen LogP contribution in [0, 0.1) is 12.1 Å². The van der Waals surface area contributed by atoms with E-state index >= 15 is 0 Å². The fourth-order valence-electron chi connectivity index (χ4n) is 3.57. The van der Waals surface area contributed by atoms with Crippen molar-refractivity contribution in [1.82, 2.24) is 10.00 Å². The van der Waals surface area contributed by atoms with Crippen molar-refractivity contribution < 1.29 is 14.4 Å². The number of ketones is 2. The van der Waals surface area contributed by atoms with Gasteiger partial charge in [0.05, 0.1) is 6.54 Å². The number of aromatic nitrogens is 2. The molecule has 3 aromatic rings. The molecule has 0 bridgehead atoms. The third kappa shape index (κ3) is 2.70. The third-order valence-electron chi connectivity index (χ3n) is 5.01. The summed E-state index contributed by atoms with van der Waals surface area (Å²) in [6, 6.07) is 16.3. The number of benzene rings is 2. The summed E-state index contributed by atoms with van der Waals surface area (Å²) in [7, 11) is 0. The number of nitrogens with one attached hydrogen (secondary N) is 1. The summed E-state index contributed by atoms with van der Waals surface area (Å²) >= 11 is 0. The van der Waals surface area contributed by atoms with Crippen molar-refractivity contribution in [3.05, 3.63) is 100 Å². The van der Waals surface area contributed by atoms with E-state index in [1.165, 1.54) is 4.68 Å². The molecule has 4 rings (SSSR count). The number of rotatable bonds is 5. The Morgan fingerprint density at radius 1 is 1.04 bits per heavy atom. The molecule has 1 N–H and O–H groups in total. The highest BCUT2D eigenvalue weighted by Gasteiger charge is 2.39. The summed E-state index contributed by atoms with van der Waals surface area (Å²) in [6.07, 6.45) is 0. The molecule has 0 radical (unpaired) electrons. The maximum absolute atomic E-state index is 13.0. The fourth-order valence-corrected chi connectivity index (χ4v) is 3.57. The molecule has 1 aliphatic rings. The van der Waals surface area contributed by atoms with E-state index < -0.39 is 0 Å². The van der Waals surface area contributed by atoms with Gasteiger partial charge in [0.25, 0.3) is 0 Å². The van der Waals surface area contributed by atoms with Gasteiger partial charge >= 0.3 is 0 Å². The minimum absolute atomic E-state index is 0.156. The Balaban J connectivity index is 1.62. The molecule has 0 saturated heterocycles. The van der Waals surface area contributed by atoms with Crippen LogP contribution >= 0.6 is 0 Å². The maximum atomic E-state index is 13.0. The average molecular weight is 373 g/mol. The molecule has 6 nitrogen and oxygen atoms in total. The molecule has 0 saturated carbocycles. The molecule has 0 aliphatic heterocycles. The molecule has 1 heterocycles. The van der Waals surface area contributed by atoms with E-state index in [9.17, 15) is 14.8 Å². The van der Waals surface area contributed by atoms with Crippen LogP contribution < -0.4 is 10.2 Å². The third-order valence-corrected chi connectivity index (χ3v) is 5.01. The van der Waals surface area contributed by atoms with E-state index in [4.69, 9.17) is 0 Å². The SMILES string of the molecule is C=C(NCCn1c2c(c(C)[n+]1[O-])C(=O)c1ccccc1C2=O)c1ccccc1. The number of nitrogens with zero attached hydrogens (tertiary/aromatic N) is 2. The van der Waals surface area contributed by atoms with Gasteiger partial charge in [-0.1, -0.05) is 66.0 Å². The van der Waals surface area contributed by atoms with Crippen molar-refractivity contribution >= 4 is 17.3 Å². The van der Waals surface area contributed by atoms with Gasteiger partial charge in [0, 0.05) is 30.3 Å². The van der Waals surface area contributed by atoms with E-state index in [2.05, 4.69) is 11.9 Å². The van der Waals surface area contributed by atoms with Gasteiger partial charge in [-0.2, -0.15) is 0 Å². The van der Waals surface area contributed by atoms with E-state index in [0.29, 0.717) is 22.5 Å². The van der Waals surface area contributed by atoms with Crippen LogP contribution in [0.4, 0.5) is 0 Å². The molecule has 0 unspecified atom stereocenters. The molecule has 0 fully saturated rings. The van der Waals surface area contributed by atoms with Crippen molar-refractivity contribution in [1.29, 1.82) is 0 Å². The Morgan fingerprint density at radius 3 is 2.32 bits per heavy atom. The van der Waals surface area contributed by atoms with Crippen LogP contribution in [-0.4, -0.2) is 22.8 Å². The van der Waals surface area contributed by atoms with Gasteiger partial charge in [-0.05, 0) is 5.56 Å². The molecule has 140 valence electrons. The molecule has 1 aliphatic carbocycles. The van der Waals surface area contributed by atoms with Crippen molar-refractivity contribution in [2.75, 3.05) is 6.54 Å². The fraction of sp³-hybridized carbons (Fsp3) is 0.136. The predicted octanol–water partition coefficient (Wildman–Crippen LogP) is 2.47. The molecular formula is C22H19N3O3. The number of fused-ring (bicyclic) bond motifs is 2. The van der Waals surface area contributed by atoms with E-state index in [1.54, 1.807) is 31.2 Å². The Labute approximate surface area is 162 Å². The minimum Gasteiger partial charge on any atom is -0.596 e. The van der Waals surface area contributed by atoms with Crippen molar-refractivity contribution in [2.45, 2.75) is 13.5 Å². The minimum atomic E-state index is -0.301. The second kappa shape index (κ2) is 6.81. The molecular weight excluding hydrogens is 354 g/mol. The molecule has 1 aromatic heterocycles. The first-order valence-corrected chi connectivity index (χ1v) is 9.00. The zero-order valence-corrected chi connectivity index (χ0v) is 15.4. The largest absolute Gasteiger partial charge is 0.596 e. The second-order valence-corrected chi connectivity index (χ2v) is 6.68. The van der Waals surface area contributed by atoms with Gasteiger partial charge in [-0.3, -0.25) is 9.59 Å². The second-order valence-electron chi connectivity index (χ2n) is 6.68. The normalized spacial score (nSPS) is 12.5. The Morgan fingerprint density at radius 2 is 1.64 bits per heavy atom. The average Bonchev–Trinajstić information content (AvgIpc) is 2.98. The first kappa shape index (κ1) is 17.7. The molecule has 0 spiro atoms. The van der Waals surface area contributed by atoms with Crippen molar-refractivity contribution in [3.63, 3.8) is 0 Å². The molecule has 0 amide bonds. The Bertz CT molecular complexity index is 1110. The smallest absolute Gasteiger partial charge is 0.230 e. The zero-order chi connectivity index (χ0) is 19.8. The standard InChI is InChI=1S/C22H19N3O3/c1-14(16-8-4-3-5-9-16)23-12-13-24-20-19(15(2)25(24)28)21(26)17-10-6-7-11-18(17)22(20)27/h3-11,23H,1,12-13H2,2H3. The molecule has 0 atom stereocenters. The monoisotopic (exact) mass is 373 g/mol. The zero-order valence-electron chi connectivity index (χ0n) is 15.4. The molecule has 28 heavy (non-hydrogen) atoms. The summed E-state index contributed by atoms with van der Waals surface area (Å²) in [4.78, 5) is 26.5. The lowest BCUT2D eigenvalue weighted by Gasteiger charge is -2.15. The lowest BCUT2D eigenvalue weighted by Crippen LogP contribution is -2.42. The molecule has 6 heteroatoms. The van der Waals surface area contributed by atoms with E-state index in [0.717, 1.165) is 11.3 Å². The van der Waals surface area contributed by atoms with Gasteiger partial charge in [-0.25, -0.2) is 0 Å². The Kier molecular flexibility index (Phi) is 4.31. The number of hydrogen-bond acceptors (Lipinski definition) is 4.